The maximum absolute atomic E-state index is 11.1. The first-order valence-electron chi connectivity index (χ1n) is 4.79. The van der Waals surface area contributed by atoms with Gasteiger partial charge in [-0.1, -0.05) is 6.92 Å². The molecule has 0 saturated heterocycles. The number of Topliss-reactive ketones (excluding diaryl/α,β-unsaturated/α-hetero) is 1. The monoisotopic (exact) mass is 215 g/mol. The van der Waals surface area contributed by atoms with Crippen molar-refractivity contribution in [2.75, 3.05) is 6.54 Å². The summed E-state index contributed by atoms with van der Waals surface area (Å²) in [6.45, 7) is 6.48. The molecule has 15 heavy (non-hydrogen) atoms. The van der Waals surface area contributed by atoms with Gasteiger partial charge in [-0.05, 0) is 20.8 Å². The Morgan fingerprint density at radius 1 is 1.20 bits per heavy atom. The molecule has 0 aliphatic heterocycles. The van der Waals surface area contributed by atoms with Gasteiger partial charge in [0.15, 0.2) is 0 Å². The standard InChI is InChI=1S/C10H17NO4/c1-5-7(12)9(14)11-6-8(13)15-10(2,3)4/h5-6H2,1-4H3,(H,11,14). The highest BCUT2D eigenvalue weighted by molar-refractivity contribution is 6.36. The number of carbonyl (C=O) groups excluding carboxylic acids is 3. The first kappa shape index (κ1) is 13.6. The van der Waals surface area contributed by atoms with Gasteiger partial charge < -0.3 is 10.1 Å². The number of hydrogen-bond acceptors (Lipinski definition) is 4. The number of esters is 1. The lowest BCUT2D eigenvalue weighted by molar-refractivity contribution is -0.154. The molecule has 1 amide bonds. The summed E-state index contributed by atoms with van der Waals surface area (Å²) in [5, 5.41) is 2.19. The van der Waals surface area contributed by atoms with Gasteiger partial charge in [-0.25, -0.2) is 0 Å². The molecule has 1 N–H and O–H groups in total. The summed E-state index contributed by atoms with van der Waals surface area (Å²) < 4.78 is 4.94. The van der Waals surface area contributed by atoms with E-state index in [0.717, 1.165) is 0 Å². The number of ether oxygens (including phenoxy) is 1. The molecule has 0 aliphatic rings. The second-order valence-electron chi connectivity index (χ2n) is 4.05. The van der Waals surface area contributed by atoms with Crippen LogP contribution in [-0.4, -0.2) is 29.8 Å². The molecule has 5 heteroatoms. The number of hydrogen-bond donors (Lipinski definition) is 1. The van der Waals surface area contributed by atoms with Crippen molar-refractivity contribution in [2.45, 2.75) is 39.7 Å². The lowest BCUT2D eigenvalue weighted by Crippen LogP contribution is -2.37. The molecule has 0 bridgehead atoms. The maximum Gasteiger partial charge on any atom is 0.325 e. The number of ketones is 1. The van der Waals surface area contributed by atoms with Gasteiger partial charge in [0.1, 0.15) is 12.1 Å². The highest BCUT2D eigenvalue weighted by Gasteiger charge is 2.18. The third kappa shape index (κ3) is 6.65. The fourth-order valence-corrected chi connectivity index (χ4v) is 0.789. The molecule has 0 spiro atoms. The molecule has 5 nitrogen and oxygen atoms in total. The zero-order chi connectivity index (χ0) is 12.1. The molecule has 0 atom stereocenters. The summed E-state index contributed by atoms with van der Waals surface area (Å²) in [6.07, 6.45) is 0.125. The minimum Gasteiger partial charge on any atom is -0.459 e. The van der Waals surface area contributed by atoms with Crippen molar-refractivity contribution in [3.63, 3.8) is 0 Å². The van der Waals surface area contributed by atoms with Crippen LogP contribution in [-0.2, 0) is 19.1 Å². The Morgan fingerprint density at radius 3 is 2.13 bits per heavy atom. The SMILES string of the molecule is CCC(=O)C(=O)NCC(=O)OC(C)(C)C. The molecule has 0 radical (unpaired) electrons. The normalized spacial score (nSPS) is 10.7. The van der Waals surface area contributed by atoms with Crippen LogP contribution in [0.15, 0.2) is 0 Å². The lowest BCUT2D eigenvalue weighted by Gasteiger charge is -2.19. The van der Waals surface area contributed by atoms with Crippen molar-refractivity contribution in [2.24, 2.45) is 0 Å². The quantitative estimate of drug-likeness (QED) is 0.545. The van der Waals surface area contributed by atoms with Gasteiger partial charge in [-0.2, -0.15) is 0 Å². The second kappa shape index (κ2) is 5.48. The molecule has 0 saturated carbocycles. The number of nitrogens with one attached hydrogen (secondary N) is 1. The second-order valence-corrected chi connectivity index (χ2v) is 4.05. The minimum absolute atomic E-state index is 0.125. The largest absolute Gasteiger partial charge is 0.459 e. The van der Waals surface area contributed by atoms with Crippen molar-refractivity contribution in [1.82, 2.24) is 5.32 Å². The summed E-state index contributed by atoms with van der Waals surface area (Å²) in [4.78, 5) is 32.9. The molecule has 0 fully saturated rings. The Kier molecular flexibility index (Phi) is 4.97. The van der Waals surface area contributed by atoms with Crippen LogP contribution in [0.2, 0.25) is 0 Å². The van der Waals surface area contributed by atoms with Crippen LogP contribution in [0.25, 0.3) is 0 Å². The molecular weight excluding hydrogens is 198 g/mol. The molecule has 0 rings (SSSR count). The Labute approximate surface area is 89.2 Å². The summed E-state index contributed by atoms with van der Waals surface area (Å²) in [5.41, 5.74) is -0.587. The van der Waals surface area contributed by atoms with E-state index in [9.17, 15) is 14.4 Å². The van der Waals surface area contributed by atoms with Gasteiger partial charge >= 0.3 is 5.97 Å². The maximum atomic E-state index is 11.1. The molecule has 0 unspecified atom stereocenters. The smallest absolute Gasteiger partial charge is 0.325 e. The lowest BCUT2D eigenvalue weighted by atomic mass is 10.2. The summed E-state index contributed by atoms with van der Waals surface area (Å²) >= 11 is 0. The fourth-order valence-electron chi connectivity index (χ4n) is 0.789. The van der Waals surface area contributed by atoms with E-state index in [1.165, 1.54) is 0 Å². The first-order valence-corrected chi connectivity index (χ1v) is 4.79. The van der Waals surface area contributed by atoms with E-state index >= 15 is 0 Å². The van der Waals surface area contributed by atoms with E-state index in [-0.39, 0.29) is 13.0 Å². The van der Waals surface area contributed by atoms with E-state index in [1.54, 1.807) is 27.7 Å². The molecule has 0 aliphatic carbocycles. The number of amides is 1. The van der Waals surface area contributed by atoms with Crippen molar-refractivity contribution >= 4 is 17.7 Å². The molecule has 0 aromatic rings. The molecule has 0 heterocycles. The number of carbonyl (C=O) groups is 3. The fraction of sp³-hybridized carbons (Fsp3) is 0.700. The van der Waals surface area contributed by atoms with Gasteiger partial charge in [-0.15, -0.1) is 0 Å². The van der Waals surface area contributed by atoms with E-state index in [1.807, 2.05) is 0 Å². The van der Waals surface area contributed by atoms with Crippen LogP contribution in [0.3, 0.4) is 0 Å². The highest BCUT2D eigenvalue weighted by atomic mass is 16.6. The van der Waals surface area contributed by atoms with Crippen LogP contribution in [0.1, 0.15) is 34.1 Å². The molecule has 0 aromatic heterocycles. The first-order chi connectivity index (χ1) is 6.76. The zero-order valence-corrected chi connectivity index (χ0v) is 9.55. The zero-order valence-electron chi connectivity index (χ0n) is 9.55. The van der Waals surface area contributed by atoms with Gasteiger partial charge in [0.2, 0.25) is 5.78 Å². The third-order valence-corrected chi connectivity index (χ3v) is 1.39. The molecule has 86 valence electrons. The van der Waals surface area contributed by atoms with Crippen LogP contribution in [0.5, 0.6) is 0 Å². The van der Waals surface area contributed by atoms with E-state index in [4.69, 9.17) is 4.74 Å². The Hall–Kier alpha value is -1.39. The van der Waals surface area contributed by atoms with E-state index < -0.39 is 23.3 Å². The Bertz CT molecular complexity index is 265. The topological polar surface area (TPSA) is 72.5 Å². The third-order valence-electron chi connectivity index (χ3n) is 1.39. The van der Waals surface area contributed by atoms with Gasteiger partial charge in [0.25, 0.3) is 5.91 Å². The van der Waals surface area contributed by atoms with E-state index in [2.05, 4.69) is 5.32 Å². The van der Waals surface area contributed by atoms with Crippen LogP contribution >= 0.6 is 0 Å². The summed E-state index contributed by atoms with van der Waals surface area (Å²) in [6, 6.07) is 0. The minimum atomic E-state index is -0.747. The van der Waals surface area contributed by atoms with Crippen molar-refractivity contribution in [3.8, 4) is 0 Å². The van der Waals surface area contributed by atoms with Gasteiger partial charge in [0.05, 0.1) is 0 Å². The van der Waals surface area contributed by atoms with Crippen molar-refractivity contribution < 1.29 is 19.1 Å². The predicted octanol–water partition coefficient (Wildman–Crippen LogP) is 0.423. The van der Waals surface area contributed by atoms with Crippen LogP contribution in [0, 0.1) is 0 Å². The Balaban J connectivity index is 3.92. The van der Waals surface area contributed by atoms with Gasteiger partial charge in [-0.3, -0.25) is 14.4 Å². The van der Waals surface area contributed by atoms with Crippen LogP contribution < -0.4 is 5.32 Å². The molecular formula is C10H17NO4. The average molecular weight is 215 g/mol. The predicted molar refractivity (Wildman–Crippen MR) is 54.2 cm³/mol. The highest BCUT2D eigenvalue weighted by Crippen LogP contribution is 2.06. The average Bonchev–Trinajstić information content (AvgIpc) is 2.10. The van der Waals surface area contributed by atoms with Crippen molar-refractivity contribution in [1.29, 1.82) is 0 Å². The number of rotatable bonds is 4. The molecule has 0 aromatic carbocycles. The summed E-state index contributed by atoms with van der Waals surface area (Å²) in [7, 11) is 0. The Morgan fingerprint density at radius 2 is 1.73 bits per heavy atom. The van der Waals surface area contributed by atoms with Crippen LogP contribution in [0.4, 0.5) is 0 Å². The van der Waals surface area contributed by atoms with Gasteiger partial charge in [0, 0.05) is 6.42 Å². The van der Waals surface area contributed by atoms with Crippen molar-refractivity contribution in [3.05, 3.63) is 0 Å². The van der Waals surface area contributed by atoms with E-state index in [0.29, 0.717) is 0 Å². The summed E-state index contributed by atoms with van der Waals surface area (Å²) in [5.74, 6) is -1.85.